The van der Waals surface area contributed by atoms with Crippen molar-refractivity contribution in [3.63, 3.8) is 0 Å². The van der Waals surface area contributed by atoms with Gasteiger partial charge >= 0.3 is 0 Å². The summed E-state index contributed by atoms with van der Waals surface area (Å²) in [4.78, 5) is 13.5. The average Bonchev–Trinajstić information content (AvgIpc) is 2.09. The summed E-state index contributed by atoms with van der Waals surface area (Å²) in [5.41, 5.74) is 0. The topological polar surface area (TPSA) is 40.5 Å². The first-order chi connectivity index (χ1) is 6.75. The Morgan fingerprint density at radius 2 is 2.07 bits per heavy atom. The summed E-state index contributed by atoms with van der Waals surface area (Å²) >= 11 is 0. The maximum Gasteiger partial charge on any atom is 0.225 e. The third-order valence-electron chi connectivity index (χ3n) is 2.98. The largest absolute Gasteiger partial charge is 0.396 e. The number of nitrogens with zero attached hydrogens (tertiary/aromatic N) is 1. The minimum Gasteiger partial charge on any atom is -0.396 e. The van der Waals surface area contributed by atoms with Crippen molar-refractivity contribution in [3.8, 4) is 0 Å². The maximum atomic E-state index is 11.7. The summed E-state index contributed by atoms with van der Waals surface area (Å²) in [6, 6.07) is 0. The van der Waals surface area contributed by atoms with Gasteiger partial charge in [-0.2, -0.15) is 0 Å². The van der Waals surface area contributed by atoms with Crippen LogP contribution in [0.5, 0.6) is 0 Å². The van der Waals surface area contributed by atoms with Gasteiger partial charge in [0.2, 0.25) is 5.91 Å². The maximum absolute atomic E-state index is 11.7. The molecular weight excluding hydrogens is 178 g/mol. The van der Waals surface area contributed by atoms with Crippen LogP contribution in [0.15, 0.2) is 0 Å². The van der Waals surface area contributed by atoms with Crippen LogP contribution in [0.2, 0.25) is 0 Å². The quantitative estimate of drug-likeness (QED) is 0.657. The van der Waals surface area contributed by atoms with E-state index in [0.717, 1.165) is 38.6 Å². The molecule has 1 N–H and O–H groups in total. The number of unbranched alkanes of at least 4 members (excludes halogenated alkanes) is 2. The summed E-state index contributed by atoms with van der Waals surface area (Å²) in [5, 5.41) is 8.60. The SMILES string of the molecule is CN(CCCCCO)C(=O)C1CCC1. The molecule has 1 fully saturated rings. The molecule has 0 aromatic rings. The summed E-state index contributed by atoms with van der Waals surface area (Å²) in [7, 11) is 1.89. The van der Waals surface area contributed by atoms with Gasteiger partial charge < -0.3 is 10.0 Å². The van der Waals surface area contributed by atoms with E-state index in [1.165, 1.54) is 6.42 Å². The van der Waals surface area contributed by atoms with Gasteiger partial charge in [-0.1, -0.05) is 6.42 Å². The van der Waals surface area contributed by atoms with Crippen LogP contribution < -0.4 is 0 Å². The second-order valence-corrected chi connectivity index (χ2v) is 4.17. The second-order valence-electron chi connectivity index (χ2n) is 4.17. The normalized spacial score (nSPS) is 16.4. The Labute approximate surface area is 86.1 Å². The van der Waals surface area contributed by atoms with Crippen LogP contribution in [-0.2, 0) is 4.79 Å². The van der Waals surface area contributed by atoms with Gasteiger partial charge in [0.25, 0.3) is 0 Å². The molecule has 82 valence electrons. The first-order valence-electron chi connectivity index (χ1n) is 5.61. The third kappa shape index (κ3) is 3.29. The number of hydrogen-bond acceptors (Lipinski definition) is 2. The highest BCUT2D eigenvalue weighted by Crippen LogP contribution is 2.27. The lowest BCUT2D eigenvalue weighted by Crippen LogP contribution is -2.36. The molecule has 1 rings (SSSR count). The molecule has 0 bridgehead atoms. The van der Waals surface area contributed by atoms with Crippen molar-refractivity contribution < 1.29 is 9.90 Å². The van der Waals surface area contributed by atoms with Gasteiger partial charge in [0.05, 0.1) is 0 Å². The summed E-state index contributed by atoms with van der Waals surface area (Å²) in [5.74, 6) is 0.637. The molecule has 1 aliphatic rings. The number of amides is 1. The molecule has 0 unspecified atom stereocenters. The first-order valence-corrected chi connectivity index (χ1v) is 5.61. The first kappa shape index (κ1) is 11.5. The van der Waals surface area contributed by atoms with Gasteiger partial charge in [-0.3, -0.25) is 4.79 Å². The molecule has 0 aliphatic heterocycles. The molecule has 3 nitrogen and oxygen atoms in total. The monoisotopic (exact) mass is 199 g/mol. The van der Waals surface area contributed by atoms with Gasteiger partial charge in [-0.05, 0) is 32.1 Å². The lowest BCUT2D eigenvalue weighted by molar-refractivity contribution is -0.136. The molecule has 0 radical (unpaired) electrons. The molecule has 0 aromatic heterocycles. The van der Waals surface area contributed by atoms with Crippen molar-refractivity contribution in [2.45, 2.75) is 38.5 Å². The number of aliphatic hydroxyl groups is 1. The van der Waals surface area contributed by atoms with Crippen molar-refractivity contribution in [1.82, 2.24) is 4.90 Å². The van der Waals surface area contributed by atoms with E-state index in [-0.39, 0.29) is 6.61 Å². The minimum absolute atomic E-state index is 0.264. The zero-order chi connectivity index (χ0) is 10.4. The zero-order valence-electron chi connectivity index (χ0n) is 9.04. The number of hydrogen-bond donors (Lipinski definition) is 1. The smallest absolute Gasteiger partial charge is 0.225 e. The Hall–Kier alpha value is -0.570. The molecule has 0 atom stereocenters. The third-order valence-corrected chi connectivity index (χ3v) is 2.98. The van der Waals surface area contributed by atoms with Crippen molar-refractivity contribution in [2.75, 3.05) is 20.2 Å². The number of carbonyl (C=O) groups is 1. The van der Waals surface area contributed by atoms with Crippen LogP contribution in [0.1, 0.15) is 38.5 Å². The molecule has 0 saturated heterocycles. The minimum atomic E-state index is 0.264. The standard InChI is InChI=1S/C11H21NO2/c1-12(8-3-2-4-9-13)11(14)10-6-5-7-10/h10,13H,2-9H2,1H3. The average molecular weight is 199 g/mol. The van der Waals surface area contributed by atoms with Crippen LogP contribution in [0.25, 0.3) is 0 Å². The van der Waals surface area contributed by atoms with E-state index >= 15 is 0 Å². The lowest BCUT2D eigenvalue weighted by atomic mass is 9.84. The van der Waals surface area contributed by atoms with E-state index in [2.05, 4.69) is 0 Å². The van der Waals surface area contributed by atoms with Gasteiger partial charge in [0.1, 0.15) is 0 Å². The lowest BCUT2D eigenvalue weighted by Gasteiger charge is -2.29. The summed E-state index contributed by atoms with van der Waals surface area (Å²) < 4.78 is 0. The number of rotatable bonds is 6. The molecule has 1 saturated carbocycles. The number of aliphatic hydroxyl groups excluding tert-OH is 1. The molecule has 1 aliphatic carbocycles. The molecule has 1 amide bonds. The van der Waals surface area contributed by atoms with Crippen LogP contribution in [-0.4, -0.2) is 36.1 Å². The highest BCUT2D eigenvalue weighted by atomic mass is 16.2. The molecular formula is C11H21NO2. The molecule has 0 aromatic carbocycles. The molecule has 0 heterocycles. The Balaban J connectivity index is 2.07. The van der Waals surface area contributed by atoms with E-state index in [0.29, 0.717) is 11.8 Å². The number of carbonyl (C=O) groups excluding carboxylic acids is 1. The molecule has 14 heavy (non-hydrogen) atoms. The Morgan fingerprint density at radius 3 is 2.57 bits per heavy atom. The van der Waals surface area contributed by atoms with Crippen LogP contribution in [0.4, 0.5) is 0 Å². The highest BCUT2D eigenvalue weighted by Gasteiger charge is 2.27. The van der Waals surface area contributed by atoms with E-state index in [4.69, 9.17) is 5.11 Å². The van der Waals surface area contributed by atoms with Crippen molar-refractivity contribution >= 4 is 5.91 Å². The fourth-order valence-electron chi connectivity index (χ4n) is 1.71. The second kappa shape index (κ2) is 6.02. The van der Waals surface area contributed by atoms with Gasteiger partial charge in [0.15, 0.2) is 0 Å². The van der Waals surface area contributed by atoms with Gasteiger partial charge in [-0.25, -0.2) is 0 Å². The van der Waals surface area contributed by atoms with E-state index < -0.39 is 0 Å². The fourth-order valence-corrected chi connectivity index (χ4v) is 1.71. The molecule has 0 spiro atoms. The fraction of sp³-hybridized carbons (Fsp3) is 0.909. The van der Waals surface area contributed by atoms with E-state index in [1.807, 2.05) is 11.9 Å². The van der Waals surface area contributed by atoms with E-state index in [9.17, 15) is 4.79 Å². The van der Waals surface area contributed by atoms with Crippen LogP contribution in [0, 0.1) is 5.92 Å². The molecule has 3 heteroatoms. The Bertz CT molecular complexity index is 178. The summed E-state index contributed by atoms with van der Waals surface area (Å²) in [6.07, 6.45) is 6.26. The zero-order valence-corrected chi connectivity index (χ0v) is 9.04. The summed E-state index contributed by atoms with van der Waals surface area (Å²) in [6.45, 7) is 1.11. The van der Waals surface area contributed by atoms with Gasteiger partial charge in [0, 0.05) is 26.1 Å². The highest BCUT2D eigenvalue weighted by molar-refractivity contribution is 5.79. The van der Waals surface area contributed by atoms with Crippen molar-refractivity contribution in [3.05, 3.63) is 0 Å². The van der Waals surface area contributed by atoms with E-state index in [1.54, 1.807) is 0 Å². The van der Waals surface area contributed by atoms with Crippen molar-refractivity contribution in [2.24, 2.45) is 5.92 Å². The Kier molecular flexibility index (Phi) is 4.94. The van der Waals surface area contributed by atoms with Crippen LogP contribution in [0.3, 0.4) is 0 Å². The predicted molar refractivity (Wildman–Crippen MR) is 55.9 cm³/mol. The predicted octanol–water partition coefficient (Wildman–Crippen LogP) is 1.41. The van der Waals surface area contributed by atoms with Crippen LogP contribution >= 0.6 is 0 Å². The Morgan fingerprint density at radius 1 is 1.36 bits per heavy atom. The van der Waals surface area contributed by atoms with Gasteiger partial charge in [-0.15, -0.1) is 0 Å². The van der Waals surface area contributed by atoms with Crippen molar-refractivity contribution in [1.29, 1.82) is 0 Å².